The lowest BCUT2D eigenvalue weighted by Gasteiger charge is -2.29. The quantitative estimate of drug-likeness (QED) is 0.655. The number of nitrogens with two attached hydrogens (primary N) is 1. The number of unbranched alkanes of at least 4 members (excludes halogenated alkanes) is 1. The highest BCUT2D eigenvalue weighted by Gasteiger charge is 2.32. The second-order valence-electron chi connectivity index (χ2n) is 5.10. The van der Waals surface area contributed by atoms with Crippen LogP contribution in [0.5, 0.6) is 0 Å². The summed E-state index contributed by atoms with van der Waals surface area (Å²) in [6.07, 6.45) is 2.88. The van der Waals surface area contributed by atoms with Crippen LogP contribution in [0.15, 0.2) is 30.3 Å². The largest absolute Gasteiger partial charge is 0.343 e. The Morgan fingerprint density at radius 2 is 1.60 bits per heavy atom. The number of rotatable bonds is 6. The molecule has 2 amide bonds. The van der Waals surface area contributed by atoms with E-state index in [1.165, 1.54) is 0 Å². The van der Waals surface area contributed by atoms with Crippen LogP contribution in [-0.4, -0.2) is 30.4 Å². The summed E-state index contributed by atoms with van der Waals surface area (Å²) in [5.41, 5.74) is 6.46. The molecule has 5 nitrogen and oxygen atoms in total. The van der Waals surface area contributed by atoms with Gasteiger partial charge in [-0.1, -0.05) is 30.3 Å². The summed E-state index contributed by atoms with van der Waals surface area (Å²) in [6, 6.07) is 8.79. The molecule has 2 atom stereocenters. The van der Waals surface area contributed by atoms with Crippen molar-refractivity contribution in [3.8, 4) is 0 Å². The first-order valence-corrected chi connectivity index (χ1v) is 7.05. The van der Waals surface area contributed by atoms with Crippen molar-refractivity contribution in [1.82, 2.24) is 10.6 Å². The van der Waals surface area contributed by atoms with Crippen molar-refractivity contribution >= 4 is 11.8 Å². The third kappa shape index (κ3) is 3.81. The van der Waals surface area contributed by atoms with Gasteiger partial charge in [0.15, 0.2) is 0 Å². The molecule has 0 saturated carbocycles. The summed E-state index contributed by atoms with van der Waals surface area (Å²) in [6.45, 7) is 0.610. The minimum Gasteiger partial charge on any atom is -0.343 e. The predicted molar refractivity (Wildman–Crippen MR) is 76.9 cm³/mol. The molecular formula is C15H21N3O2. The van der Waals surface area contributed by atoms with Gasteiger partial charge in [0, 0.05) is 6.42 Å². The summed E-state index contributed by atoms with van der Waals surface area (Å²) >= 11 is 0. The van der Waals surface area contributed by atoms with Gasteiger partial charge >= 0.3 is 0 Å². The van der Waals surface area contributed by atoms with E-state index in [2.05, 4.69) is 10.6 Å². The average Bonchev–Trinajstić information content (AvgIpc) is 2.45. The molecule has 20 heavy (non-hydrogen) atoms. The molecular weight excluding hydrogens is 254 g/mol. The molecule has 0 spiro atoms. The van der Waals surface area contributed by atoms with Crippen LogP contribution in [0.4, 0.5) is 0 Å². The average molecular weight is 275 g/mol. The van der Waals surface area contributed by atoms with Crippen molar-refractivity contribution in [2.75, 3.05) is 6.54 Å². The molecule has 1 heterocycles. The molecule has 108 valence electrons. The number of carbonyl (C=O) groups is 2. The maximum atomic E-state index is 12.0. The van der Waals surface area contributed by atoms with Crippen molar-refractivity contribution in [2.45, 2.75) is 37.8 Å². The third-order valence-electron chi connectivity index (χ3n) is 3.50. The van der Waals surface area contributed by atoms with Crippen LogP contribution >= 0.6 is 0 Å². The van der Waals surface area contributed by atoms with Gasteiger partial charge < -0.3 is 16.4 Å². The van der Waals surface area contributed by atoms with Gasteiger partial charge in [0.1, 0.15) is 12.1 Å². The topological polar surface area (TPSA) is 84.2 Å². The number of nitrogens with one attached hydrogen (secondary N) is 2. The number of benzene rings is 1. The van der Waals surface area contributed by atoms with Gasteiger partial charge in [-0.05, 0) is 31.4 Å². The molecule has 2 rings (SSSR count). The molecule has 1 aliphatic heterocycles. The van der Waals surface area contributed by atoms with Gasteiger partial charge in [0.25, 0.3) is 0 Å². The van der Waals surface area contributed by atoms with E-state index in [1.807, 2.05) is 30.3 Å². The molecule has 1 aliphatic rings. The van der Waals surface area contributed by atoms with Gasteiger partial charge in [0.2, 0.25) is 11.8 Å². The van der Waals surface area contributed by atoms with Gasteiger partial charge in [-0.3, -0.25) is 9.59 Å². The number of hydrogen-bond donors (Lipinski definition) is 3. The van der Waals surface area contributed by atoms with E-state index in [0.717, 1.165) is 18.4 Å². The Morgan fingerprint density at radius 3 is 2.30 bits per heavy atom. The van der Waals surface area contributed by atoms with Gasteiger partial charge in [0.05, 0.1) is 0 Å². The zero-order chi connectivity index (χ0) is 14.4. The molecule has 1 aromatic rings. The first kappa shape index (κ1) is 14.5. The highest BCUT2D eigenvalue weighted by molar-refractivity contribution is 5.97. The fourth-order valence-electron chi connectivity index (χ4n) is 2.37. The molecule has 1 aromatic carbocycles. The Labute approximate surface area is 118 Å². The summed E-state index contributed by atoms with van der Waals surface area (Å²) in [4.78, 5) is 24.0. The zero-order valence-corrected chi connectivity index (χ0v) is 11.5. The highest BCUT2D eigenvalue weighted by Crippen LogP contribution is 2.10. The zero-order valence-electron chi connectivity index (χ0n) is 11.5. The maximum Gasteiger partial charge on any atom is 0.243 e. The van der Waals surface area contributed by atoms with Crippen molar-refractivity contribution in [3.05, 3.63) is 35.9 Å². The first-order chi connectivity index (χ1) is 9.70. The maximum absolute atomic E-state index is 12.0. The van der Waals surface area contributed by atoms with Crippen molar-refractivity contribution in [3.63, 3.8) is 0 Å². The number of amides is 2. The third-order valence-corrected chi connectivity index (χ3v) is 3.50. The van der Waals surface area contributed by atoms with Crippen molar-refractivity contribution in [2.24, 2.45) is 5.73 Å². The lowest BCUT2D eigenvalue weighted by Crippen LogP contribution is -2.62. The summed E-state index contributed by atoms with van der Waals surface area (Å²) in [5, 5.41) is 5.61. The summed E-state index contributed by atoms with van der Waals surface area (Å²) in [7, 11) is 0. The Morgan fingerprint density at radius 1 is 0.950 bits per heavy atom. The Balaban J connectivity index is 1.89. The van der Waals surface area contributed by atoms with Crippen LogP contribution in [0.1, 0.15) is 24.8 Å². The minimum absolute atomic E-state index is 0.0949. The van der Waals surface area contributed by atoms with E-state index in [0.29, 0.717) is 19.4 Å². The Kier molecular flexibility index (Phi) is 5.12. The normalized spacial score (nSPS) is 22.2. The lowest BCUT2D eigenvalue weighted by atomic mass is 10.00. The molecule has 5 heteroatoms. The number of piperazine rings is 1. The standard InChI is InChI=1S/C15H21N3O2/c16-9-5-4-8-12-14(19)18-13(15(20)17-12)10-11-6-2-1-3-7-11/h1-3,6-7,12-13H,4-5,8-10,16H2,(H,17,20)(H,18,19). The molecule has 4 N–H and O–H groups in total. The fourth-order valence-corrected chi connectivity index (χ4v) is 2.37. The van der Waals surface area contributed by atoms with Crippen LogP contribution in [0.2, 0.25) is 0 Å². The fraction of sp³-hybridized carbons (Fsp3) is 0.467. The second-order valence-corrected chi connectivity index (χ2v) is 5.10. The minimum atomic E-state index is -0.476. The van der Waals surface area contributed by atoms with Gasteiger partial charge in [-0.25, -0.2) is 0 Å². The highest BCUT2D eigenvalue weighted by atomic mass is 16.2. The molecule has 1 fully saturated rings. The van der Waals surface area contributed by atoms with E-state index >= 15 is 0 Å². The summed E-state index contributed by atoms with van der Waals surface area (Å²) in [5.74, 6) is -0.200. The van der Waals surface area contributed by atoms with Crippen LogP contribution in [0, 0.1) is 0 Å². The smallest absolute Gasteiger partial charge is 0.243 e. The van der Waals surface area contributed by atoms with E-state index in [4.69, 9.17) is 5.73 Å². The van der Waals surface area contributed by atoms with E-state index in [-0.39, 0.29) is 11.8 Å². The van der Waals surface area contributed by atoms with Gasteiger partial charge in [-0.2, -0.15) is 0 Å². The Hall–Kier alpha value is -1.88. The van der Waals surface area contributed by atoms with Gasteiger partial charge in [-0.15, -0.1) is 0 Å². The van der Waals surface area contributed by atoms with Crippen LogP contribution in [0.3, 0.4) is 0 Å². The first-order valence-electron chi connectivity index (χ1n) is 7.05. The predicted octanol–water partition coefficient (Wildman–Crippen LogP) is 0.341. The molecule has 0 bridgehead atoms. The Bertz CT molecular complexity index is 461. The van der Waals surface area contributed by atoms with E-state index in [1.54, 1.807) is 0 Å². The molecule has 0 radical (unpaired) electrons. The SMILES string of the molecule is NCCCCC1NC(=O)C(Cc2ccccc2)NC1=O. The van der Waals surface area contributed by atoms with E-state index in [9.17, 15) is 9.59 Å². The monoisotopic (exact) mass is 275 g/mol. The van der Waals surface area contributed by atoms with Crippen LogP contribution < -0.4 is 16.4 Å². The second kappa shape index (κ2) is 7.05. The van der Waals surface area contributed by atoms with Crippen molar-refractivity contribution in [1.29, 1.82) is 0 Å². The molecule has 0 aromatic heterocycles. The van der Waals surface area contributed by atoms with E-state index < -0.39 is 12.1 Å². The number of hydrogen-bond acceptors (Lipinski definition) is 3. The molecule has 2 unspecified atom stereocenters. The molecule has 1 saturated heterocycles. The number of carbonyl (C=O) groups excluding carboxylic acids is 2. The lowest BCUT2D eigenvalue weighted by molar-refractivity contribution is -0.136. The van der Waals surface area contributed by atoms with Crippen LogP contribution in [-0.2, 0) is 16.0 Å². The van der Waals surface area contributed by atoms with Crippen LogP contribution in [0.25, 0.3) is 0 Å². The summed E-state index contributed by atoms with van der Waals surface area (Å²) < 4.78 is 0. The van der Waals surface area contributed by atoms with Crippen molar-refractivity contribution < 1.29 is 9.59 Å². The molecule has 0 aliphatic carbocycles.